The van der Waals surface area contributed by atoms with Crippen LogP contribution >= 0.6 is 38.9 Å². The summed E-state index contributed by atoms with van der Waals surface area (Å²) in [4.78, 5) is 3.90. The molecule has 0 saturated heterocycles. The molecule has 2 aromatic rings. The summed E-state index contributed by atoms with van der Waals surface area (Å²) in [6.07, 6.45) is 0. The van der Waals surface area contributed by atoms with Crippen molar-refractivity contribution in [2.45, 2.75) is 11.1 Å². The molecule has 0 radical (unpaired) electrons. The quantitative estimate of drug-likeness (QED) is 0.853. The molecule has 3 N–H and O–H groups in total. The Bertz CT molecular complexity index is 730. The standard InChI is InChI=1S/C10H9BrClN3O2S2/c1-5-9(18-10(13)14-5)19(16,17)15-7-4-2-3-6(12)8(7)11/h2-4,15H,1H3,(H2,13,14). The van der Waals surface area contributed by atoms with Crippen LogP contribution in [-0.2, 0) is 10.0 Å². The number of benzene rings is 1. The summed E-state index contributed by atoms with van der Waals surface area (Å²) in [5.74, 6) is 0. The van der Waals surface area contributed by atoms with Crippen LogP contribution in [0.5, 0.6) is 0 Å². The fourth-order valence-electron chi connectivity index (χ4n) is 1.43. The van der Waals surface area contributed by atoms with Gasteiger partial charge in [-0.1, -0.05) is 29.0 Å². The van der Waals surface area contributed by atoms with Gasteiger partial charge in [0.2, 0.25) is 0 Å². The highest BCUT2D eigenvalue weighted by atomic mass is 79.9. The number of hydrogen-bond donors (Lipinski definition) is 2. The van der Waals surface area contributed by atoms with E-state index in [-0.39, 0.29) is 9.34 Å². The maximum absolute atomic E-state index is 12.2. The van der Waals surface area contributed by atoms with Gasteiger partial charge < -0.3 is 5.73 Å². The molecule has 0 unspecified atom stereocenters. The zero-order valence-electron chi connectivity index (χ0n) is 9.65. The molecular formula is C10H9BrClN3O2S2. The zero-order chi connectivity index (χ0) is 14.2. The second-order valence-electron chi connectivity index (χ2n) is 3.63. The number of nitrogen functional groups attached to an aromatic ring is 1. The third kappa shape index (κ3) is 3.02. The normalized spacial score (nSPS) is 11.5. The highest BCUT2D eigenvalue weighted by Crippen LogP contribution is 2.33. The van der Waals surface area contributed by atoms with Gasteiger partial charge in [0.15, 0.2) is 9.34 Å². The maximum atomic E-state index is 12.2. The van der Waals surface area contributed by atoms with E-state index in [1.807, 2.05) is 0 Å². The van der Waals surface area contributed by atoms with Gasteiger partial charge in [-0.2, -0.15) is 0 Å². The molecule has 0 fully saturated rings. The summed E-state index contributed by atoms with van der Waals surface area (Å²) >= 11 is 10.1. The number of hydrogen-bond acceptors (Lipinski definition) is 5. The average molecular weight is 383 g/mol. The molecule has 0 aliphatic heterocycles. The molecule has 19 heavy (non-hydrogen) atoms. The fourth-order valence-corrected chi connectivity index (χ4v) is 4.47. The van der Waals surface area contributed by atoms with Crippen molar-refractivity contribution < 1.29 is 8.42 Å². The lowest BCUT2D eigenvalue weighted by Gasteiger charge is -2.09. The molecular weight excluding hydrogens is 374 g/mol. The predicted octanol–water partition coefficient (Wildman–Crippen LogP) is 3.25. The number of nitrogens with one attached hydrogen (secondary N) is 1. The first-order chi connectivity index (χ1) is 8.81. The molecule has 0 saturated carbocycles. The van der Waals surface area contributed by atoms with E-state index in [9.17, 15) is 8.42 Å². The van der Waals surface area contributed by atoms with Crippen molar-refractivity contribution in [3.05, 3.63) is 33.4 Å². The minimum Gasteiger partial charge on any atom is -0.375 e. The summed E-state index contributed by atoms with van der Waals surface area (Å²) in [6, 6.07) is 4.91. The van der Waals surface area contributed by atoms with E-state index in [1.165, 1.54) is 0 Å². The van der Waals surface area contributed by atoms with Crippen LogP contribution in [0, 0.1) is 6.92 Å². The molecule has 0 amide bonds. The number of thiazole rings is 1. The van der Waals surface area contributed by atoms with Crippen molar-refractivity contribution >= 4 is 59.7 Å². The van der Waals surface area contributed by atoms with Gasteiger partial charge in [-0.05, 0) is 35.0 Å². The Morgan fingerprint density at radius 1 is 1.47 bits per heavy atom. The molecule has 1 aromatic heterocycles. The monoisotopic (exact) mass is 381 g/mol. The van der Waals surface area contributed by atoms with Crippen LogP contribution in [0.2, 0.25) is 5.02 Å². The Hall–Kier alpha value is -0.830. The van der Waals surface area contributed by atoms with Gasteiger partial charge >= 0.3 is 0 Å². The largest absolute Gasteiger partial charge is 0.375 e. The number of sulfonamides is 1. The molecule has 0 aliphatic rings. The highest BCUT2D eigenvalue weighted by Gasteiger charge is 2.22. The SMILES string of the molecule is Cc1nc(N)sc1S(=O)(=O)Nc1cccc(Cl)c1Br. The topological polar surface area (TPSA) is 85.1 Å². The van der Waals surface area contributed by atoms with E-state index in [1.54, 1.807) is 25.1 Å². The van der Waals surface area contributed by atoms with Gasteiger partial charge in [0.05, 0.1) is 20.9 Å². The lowest BCUT2D eigenvalue weighted by atomic mass is 10.3. The van der Waals surface area contributed by atoms with Gasteiger partial charge in [0.25, 0.3) is 10.0 Å². The number of rotatable bonds is 3. The van der Waals surface area contributed by atoms with Gasteiger partial charge in [0, 0.05) is 0 Å². The number of nitrogens with two attached hydrogens (primary N) is 1. The molecule has 2 rings (SSSR count). The molecule has 9 heteroatoms. The third-order valence-corrected chi connectivity index (χ3v) is 6.57. The van der Waals surface area contributed by atoms with E-state index in [4.69, 9.17) is 17.3 Å². The van der Waals surface area contributed by atoms with Crippen LogP contribution in [0.1, 0.15) is 5.69 Å². The van der Waals surface area contributed by atoms with Gasteiger partial charge in [-0.15, -0.1) is 0 Å². The van der Waals surface area contributed by atoms with E-state index in [0.29, 0.717) is 20.9 Å². The molecule has 0 bridgehead atoms. The van der Waals surface area contributed by atoms with E-state index in [0.717, 1.165) is 11.3 Å². The smallest absolute Gasteiger partial charge is 0.273 e. The Labute approximate surface area is 128 Å². The van der Waals surface area contributed by atoms with E-state index in [2.05, 4.69) is 25.6 Å². The molecule has 5 nitrogen and oxygen atoms in total. The van der Waals surface area contributed by atoms with Crippen molar-refractivity contribution in [3.8, 4) is 0 Å². The van der Waals surface area contributed by atoms with Gasteiger partial charge in [-0.3, -0.25) is 4.72 Å². The zero-order valence-corrected chi connectivity index (χ0v) is 13.6. The summed E-state index contributed by atoms with van der Waals surface area (Å²) < 4.78 is 27.5. The minimum atomic E-state index is -3.73. The lowest BCUT2D eigenvalue weighted by molar-refractivity contribution is 0.602. The van der Waals surface area contributed by atoms with Crippen LogP contribution in [0.4, 0.5) is 10.8 Å². The van der Waals surface area contributed by atoms with Crippen molar-refractivity contribution in [1.82, 2.24) is 4.98 Å². The summed E-state index contributed by atoms with van der Waals surface area (Å²) in [6.45, 7) is 1.59. The van der Waals surface area contributed by atoms with Crippen LogP contribution in [0.25, 0.3) is 0 Å². The number of aryl methyl sites for hydroxylation is 1. The van der Waals surface area contributed by atoms with Crippen LogP contribution in [0.15, 0.2) is 26.9 Å². The molecule has 0 spiro atoms. The van der Waals surface area contributed by atoms with Crippen LogP contribution < -0.4 is 10.5 Å². The Morgan fingerprint density at radius 3 is 2.74 bits per heavy atom. The Kier molecular flexibility index (Phi) is 4.05. The van der Waals surface area contributed by atoms with Crippen molar-refractivity contribution in [3.63, 3.8) is 0 Å². The number of anilines is 2. The predicted molar refractivity (Wildman–Crippen MR) is 81.2 cm³/mol. The second kappa shape index (κ2) is 5.28. The summed E-state index contributed by atoms with van der Waals surface area (Å²) in [5.41, 5.74) is 6.24. The molecule has 1 heterocycles. The fraction of sp³-hybridized carbons (Fsp3) is 0.100. The summed E-state index contributed by atoms with van der Waals surface area (Å²) in [7, 11) is -3.73. The number of halogens is 2. The molecule has 0 aliphatic carbocycles. The average Bonchev–Trinajstić information content (AvgIpc) is 2.65. The maximum Gasteiger partial charge on any atom is 0.273 e. The van der Waals surface area contributed by atoms with Crippen LogP contribution in [0.3, 0.4) is 0 Å². The van der Waals surface area contributed by atoms with Crippen LogP contribution in [-0.4, -0.2) is 13.4 Å². The van der Waals surface area contributed by atoms with Gasteiger partial charge in [-0.25, -0.2) is 13.4 Å². The number of nitrogens with zero attached hydrogens (tertiary/aromatic N) is 1. The van der Waals surface area contributed by atoms with Crippen molar-refractivity contribution in [2.75, 3.05) is 10.5 Å². The highest BCUT2D eigenvalue weighted by molar-refractivity contribution is 9.10. The van der Waals surface area contributed by atoms with E-state index >= 15 is 0 Å². The first kappa shape index (κ1) is 14.6. The van der Waals surface area contributed by atoms with E-state index < -0.39 is 10.0 Å². The number of aromatic nitrogens is 1. The first-order valence-electron chi connectivity index (χ1n) is 5.01. The minimum absolute atomic E-state index is 0.0943. The van der Waals surface area contributed by atoms with Crippen molar-refractivity contribution in [2.24, 2.45) is 0 Å². The third-order valence-electron chi connectivity index (χ3n) is 2.21. The summed E-state index contributed by atoms with van der Waals surface area (Å²) in [5, 5.41) is 0.628. The Balaban J connectivity index is 2.42. The van der Waals surface area contributed by atoms with Gasteiger partial charge in [0.1, 0.15) is 0 Å². The molecule has 102 valence electrons. The molecule has 1 aromatic carbocycles. The second-order valence-corrected chi connectivity index (χ2v) is 7.74. The van der Waals surface area contributed by atoms with Crippen molar-refractivity contribution in [1.29, 1.82) is 0 Å². The first-order valence-corrected chi connectivity index (χ1v) is 8.48. The molecule has 0 atom stereocenters. The lowest BCUT2D eigenvalue weighted by Crippen LogP contribution is -2.13. The Morgan fingerprint density at radius 2 is 2.16 bits per heavy atom.